The van der Waals surface area contributed by atoms with Gasteiger partial charge in [-0.3, -0.25) is 9.69 Å². The van der Waals surface area contributed by atoms with Crippen molar-refractivity contribution in [1.82, 2.24) is 9.91 Å². The van der Waals surface area contributed by atoms with Gasteiger partial charge < -0.3 is 4.42 Å². The van der Waals surface area contributed by atoms with Gasteiger partial charge in [-0.2, -0.15) is 5.10 Å². The lowest BCUT2D eigenvalue weighted by Crippen LogP contribution is -2.42. The number of carbonyl (C=O) groups is 1. The van der Waals surface area contributed by atoms with E-state index in [-0.39, 0.29) is 11.9 Å². The Hall–Kier alpha value is -2.70. The van der Waals surface area contributed by atoms with E-state index in [0.717, 1.165) is 43.8 Å². The number of carbonyl (C=O) groups excluding carboxylic acids is 1. The third-order valence-electron chi connectivity index (χ3n) is 6.28. The van der Waals surface area contributed by atoms with E-state index in [4.69, 9.17) is 9.52 Å². The van der Waals surface area contributed by atoms with Crippen molar-refractivity contribution in [3.8, 4) is 0 Å². The summed E-state index contributed by atoms with van der Waals surface area (Å²) in [6, 6.07) is 18.6. The van der Waals surface area contributed by atoms with Gasteiger partial charge in [-0.15, -0.1) is 11.3 Å². The Morgan fingerprint density at radius 2 is 1.90 bits per heavy atom. The number of benzene rings is 1. The Morgan fingerprint density at radius 3 is 2.61 bits per heavy atom. The molecule has 31 heavy (non-hydrogen) atoms. The molecule has 0 saturated carbocycles. The molecule has 2 aliphatic rings. The molecule has 1 saturated heterocycles. The van der Waals surface area contributed by atoms with Crippen molar-refractivity contribution < 1.29 is 9.21 Å². The summed E-state index contributed by atoms with van der Waals surface area (Å²) in [7, 11) is 0. The van der Waals surface area contributed by atoms with Crippen molar-refractivity contribution in [2.75, 3.05) is 19.6 Å². The standard InChI is InChI=1S/C25H27N3O2S/c29-25(18-27-12-10-20(11-13-27)16-19-6-2-1-3-7-19)28-22(24-9-5-15-31-24)17-21(26-28)23-8-4-14-30-23/h1-9,14-15,20,22H,10-13,16-18H2. The number of nitrogens with zero attached hydrogens (tertiary/aromatic N) is 3. The van der Waals surface area contributed by atoms with Gasteiger partial charge in [0.05, 0.1) is 18.8 Å². The lowest BCUT2D eigenvalue weighted by molar-refractivity contribution is -0.134. The van der Waals surface area contributed by atoms with Gasteiger partial charge in [0.2, 0.25) is 0 Å². The molecule has 0 radical (unpaired) electrons. The van der Waals surface area contributed by atoms with Crippen LogP contribution in [-0.4, -0.2) is 41.2 Å². The Balaban J connectivity index is 1.21. The van der Waals surface area contributed by atoms with E-state index in [1.807, 2.05) is 18.2 Å². The second kappa shape index (κ2) is 9.20. The van der Waals surface area contributed by atoms with Crippen LogP contribution in [0.1, 0.15) is 41.5 Å². The quantitative estimate of drug-likeness (QED) is 0.551. The van der Waals surface area contributed by atoms with Crippen LogP contribution >= 0.6 is 11.3 Å². The van der Waals surface area contributed by atoms with E-state index in [0.29, 0.717) is 18.9 Å². The third kappa shape index (κ3) is 4.65. The maximum atomic E-state index is 13.3. The summed E-state index contributed by atoms with van der Waals surface area (Å²) in [6.45, 7) is 2.36. The first-order chi connectivity index (χ1) is 15.3. The fourth-order valence-electron chi connectivity index (χ4n) is 4.59. The molecule has 0 bridgehead atoms. The first-order valence-electron chi connectivity index (χ1n) is 11.0. The number of likely N-dealkylation sites (tertiary alicyclic amines) is 1. The first-order valence-corrected chi connectivity index (χ1v) is 11.9. The normalized spacial score (nSPS) is 20.2. The first kappa shape index (κ1) is 20.2. The number of rotatable bonds is 6. The summed E-state index contributed by atoms with van der Waals surface area (Å²) in [6.07, 6.45) is 5.75. The van der Waals surface area contributed by atoms with Gasteiger partial charge in [0.15, 0.2) is 0 Å². The van der Waals surface area contributed by atoms with E-state index in [2.05, 4.69) is 46.7 Å². The zero-order chi connectivity index (χ0) is 21.0. The van der Waals surface area contributed by atoms with Crippen molar-refractivity contribution in [1.29, 1.82) is 0 Å². The van der Waals surface area contributed by atoms with Gasteiger partial charge in [-0.05, 0) is 67.4 Å². The Kier molecular flexibility index (Phi) is 6.00. The van der Waals surface area contributed by atoms with E-state index in [1.54, 1.807) is 22.6 Å². The SMILES string of the molecule is O=C(CN1CCC(Cc2ccccc2)CC1)N1N=C(c2ccco2)CC1c1cccs1. The highest BCUT2D eigenvalue weighted by Crippen LogP contribution is 2.35. The molecule has 1 fully saturated rings. The molecule has 1 atom stereocenters. The molecule has 0 N–H and O–H groups in total. The number of hydrazone groups is 1. The molecular formula is C25H27N3O2S. The smallest absolute Gasteiger partial charge is 0.257 e. The average molecular weight is 434 g/mol. The number of thiophene rings is 1. The van der Waals surface area contributed by atoms with E-state index >= 15 is 0 Å². The van der Waals surface area contributed by atoms with Crippen LogP contribution in [0.3, 0.4) is 0 Å². The topological polar surface area (TPSA) is 49.1 Å². The molecule has 5 nitrogen and oxygen atoms in total. The molecule has 1 unspecified atom stereocenters. The minimum Gasteiger partial charge on any atom is -0.463 e. The highest BCUT2D eigenvalue weighted by atomic mass is 32.1. The molecule has 160 valence electrons. The van der Waals surface area contributed by atoms with Crippen molar-refractivity contribution in [2.45, 2.75) is 31.7 Å². The van der Waals surface area contributed by atoms with Gasteiger partial charge in [-0.1, -0.05) is 36.4 Å². The number of hydrogen-bond donors (Lipinski definition) is 0. The van der Waals surface area contributed by atoms with Crippen LogP contribution in [0.25, 0.3) is 0 Å². The number of piperidine rings is 1. The van der Waals surface area contributed by atoms with Crippen LogP contribution in [0.4, 0.5) is 0 Å². The van der Waals surface area contributed by atoms with E-state index in [1.165, 1.54) is 10.4 Å². The molecule has 1 aromatic carbocycles. The lowest BCUT2D eigenvalue weighted by Gasteiger charge is -2.32. The molecular weight excluding hydrogens is 406 g/mol. The van der Waals surface area contributed by atoms with Crippen molar-refractivity contribution in [3.63, 3.8) is 0 Å². The zero-order valence-electron chi connectivity index (χ0n) is 17.5. The highest BCUT2D eigenvalue weighted by Gasteiger charge is 2.35. The van der Waals surface area contributed by atoms with Gasteiger partial charge in [0, 0.05) is 11.3 Å². The summed E-state index contributed by atoms with van der Waals surface area (Å²) in [5.41, 5.74) is 2.26. The van der Waals surface area contributed by atoms with Gasteiger partial charge in [0.1, 0.15) is 11.5 Å². The molecule has 6 heteroatoms. The van der Waals surface area contributed by atoms with Crippen molar-refractivity contribution >= 4 is 23.0 Å². The monoisotopic (exact) mass is 433 g/mol. The van der Waals surface area contributed by atoms with Gasteiger partial charge in [-0.25, -0.2) is 5.01 Å². The molecule has 2 aromatic heterocycles. The third-order valence-corrected chi connectivity index (χ3v) is 7.25. The van der Waals surface area contributed by atoms with Crippen molar-refractivity contribution in [2.24, 2.45) is 11.0 Å². The van der Waals surface area contributed by atoms with Gasteiger partial charge >= 0.3 is 0 Å². The average Bonchev–Trinajstić information content (AvgIpc) is 3.56. The number of hydrogen-bond acceptors (Lipinski definition) is 5. The van der Waals surface area contributed by atoms with Crippen LogP contribution < -0.4 is 0 Å². The van der Waals surface area contributed by atoms with Crippen LogP contribution in [0.15, 0.2) is 75.8 Å². The minimum absolute atomic E-state index is 0.0387. The fourth-order valence-corrected chi connectivity index (χ4v) is 5.41. The number of amides is 1. The van der Waals surface area contributed by atoms with Crippen LogP contribution in [0.2, 0.25) is 0 Å². The minimum atomic E-state index is -0.0387. The molecule has 5 rings (SSSR count). The van der Waals surface area contributed by atoms with Crippen LogP contribution in [0, 0.1) is 5.92 Å². The predicted octanol–water partition coefficient (Wildman–Crippen LogP) is 4.97. The Morgan fingerprint density at radius 1 is 1.06 bits per heavy atom. The van der Waals surface area contributed by atoms with Gasteiger partial charge in [0.25, 0.3) is 5.91 Å². The molecule has 0 aliphatic carbocycles. The van der Waals surface area contributed by atoms with Crippen molar-refractivity contribution in [3.05, 3.63) is 82.4 Å². The maximum absolute atomic E-state index is 13.3. The highest BCUT2D eigenvalue weighted by molar-refractivity contribution is 7.10. The summed E-state index contributed by atoms with van der Waals surface area (Å²) >= 11 is 1.68. The van der Waals surface area contributed by atoms with E-state index in [9.17, 15) is 4.79 Å². The van der Waals surface area contributed by atoms with E-state index < -0.39 is 0 Å². The maximum Gasteiger partial charge on any atom is 0.257 e. The summed E-state index contributed by atoms with van der Waals surface area (Å²) in [5, 5.41) is 8.44. The second-order valence-electron chi connectivity index (χ2n) is 8.41. The molecule has 0 spiro atoms. The molecule has 2 aliphatic heterocycles. The molecule has 1 amide bonds. The predicted molar refractivity (Wildman–Crippen MR) is 123 cm³/mol. The summed E-state index contributed by atoms with van der Waals surface area (Å²) in [4.78, 5) is 16.7. The molecule has 4 heterocycles. The summed E-state index contributed by atoms with van der Waals surface area (Å²) < 4.78 is 5.55. The number of furan rings is 1. The summed E-state index contributed by atoms with van der Waals surface area (Å²) in [5.74, 6) is 1.52. The Bertz CT molecular complexity index is 1010. The van der Waals surface area contributed by atoms with Crippen LogP contribution in [0.5, 0.6) is 0 Å². The fraction of sp³-hybridized carbons (Fsp3) is 0.360. The Labute approximate surface area is 187 Å². The lowest BCUT2D eigenvalue weighted by atomic mass is 9.90. The van der Waals surface area contributed by atoms with Crippen LogP contribution in [-0.2, 0) is 11.2 Å². The largest absolute Gasteiger partial charge is 0.463 e. The zero-order valence-corrected chi connectivity index (χ0v) is 18.3. The second-order valence-corrected chi connectivity index (χ2v) is 9.39. The molecule has 3 aromatic rings.